The Balaban J connectivity index is 1.47. The molecular formula is C23H35NO7S2. The second-order valence-electron chi connectivity index (χ2n) is 8.08. The van der Waals surface area contributed by atoms with Crippen molar-refractivity contribution in [1.29, 1.82) is 0 Å². The van der Waals surface area contributed by atoms with E-state index in [-0.39, 0.29) is 29.8 Å². The standard InChI is InChI=1S/C23H35NO7S2/c1-3-29-23(26)18(2)17-30-20-15-13-19(14-16-20)24-21(25)11-9-7-5-4-6-8-10-12-22-31-33(27,28)32-22/h13-16,18,22H,3-12,17H2,1-2H3,(H,24,25). The molecule has 1 aromatic rings. The number of hydrogen-bond donors (Lipinski definition) is 1. The second kappa shape index (κ2) is 14.5. The van der Waals surface area contributed by atoms with Gasteiger partial charge in [0, 0.05) is 22.9 Å². The third kappa shape index (κ3) is 11.3. The molecule has 1 fully saturated rings. The van der Waals surface area contributed by atoms with Crippen LogP contribution < -0.4 is 10.1 Å². The van der Waals surface area contributed by atoms with Gasteiger partial charge in [-0.1, -0.05) is 32.1 Å². The zero-order valence-corrected chi connectivity index (χ0v) is 21.0. The Kier molecular flexibility index (Phi) is 12.0. The minimum absolute atomic E-state index is 0.00690. The van der Waals surface area contributed by atoms with Gasteiger partial charge >= 0.3 is 15.1 Å². The topological polar surface area (TPSA) is 108 Å². The van der Waals surface area contributed by atoms with Crippen LogP contribution in [0.5, 0.6) is 5.75 Å². The fourth-order valence-corrected chi connectivity index (χ4v) is 5.75. The molecular weight excluding hydrogens is 466 g/mol. The molecule has 2 atom stereocenters. The van der Waals surface area contributed by atoms with Crippen LogP contribution in [0.3, 0.4) is 0 Å². The number of carbonyl (C=O) groups is 2. The van der Waals surface area contributed by atoms with Gasteiger partial charge in [-0.15, -0.1) is 0 Å². The minimum Gasteiger partial charge on any atom is -0.493 e. The number of benzene rings is 1. The van der Waals surface area contributed by atoms with Crippen LogP contribution in [-0.4, -0.2) is 38.9 Å². The smallest absolute Gasteiger partial charge is 0.325 e. The molecule has 8 nitrogen and oxygen atoms in total. The first kappa shape index (κ1) is 27.5. The third-order valence-electron chi connectivity index (χ3n) is 5.12. The lowest BCUT2D eigenvalue weighted by Gasteiger charge is -2.23. The summed E-state index contributed by atoms with van der Waals surface area (Å²) in [4.78, 5) is 23.7. The van der Waals surface area contributed by atoms with Crippen LogP contribution in [0.1, 0.15) is 71.6 Å². The van der Waals surface area contributed by atoms with Crippen LogP contribution in [0, 0.1) is 5.92 Å². The molecule has 0 aromatic heterocycles. The highest BCUT2D eigenvalue weighted by molar-refractivity contribution is 8.72. The van der Waals surface area contributed by atoms with E-state index in [9.17, 15) is 18.0 Å². The first-order valence-corrected chi connectivity index (χ1v) is 14.4. The molecule has 1 amide bonds. The van der Waals surface area contributed by atoms with Crippen molar-refractivity contribution in [3.8, 4) is 5.75 Å². The number of rotatable bonds is 16. The van der Waals surface area contributed by atoms with Crippen molar-refractivity contribution in [1.82, 2.24) is 0 Å². The summed E-state index contributed by atoms with van der Waals surface area (Å²) in [6.07, 6.45) is 8.50. The maximum Gasteiger partial charge on any atom is 0.325 e. The van der Waals surface area contributed by atoms with Gasteiger partial charge in [-0.3, -0.25) is 9.59 Å². The molecule has 0 aliphatic carbocycles. The highest BCUT2D eigenvalue weighted by Crippen LogP contribution is 2.38. The first-order chi connectivity index (χ1) is 15.8. The normalized spacial score (nSPS) is 17.6. The van der Waals surface area contributed by atoms with E-state index in [4.69, 9.17) is 13.7 Å². The highest BCUT2D eigenvalue weighted by Gasteiger charge is 2.35. The Morgan fingerprint density at radius 3 is 2.27 bits per heavy atom. The van der Waals surface area contributed by atoms with Crippen LogP contribution in [0.15, 0.2) is 24.3 Å². The van der Waals surface area contributed by atoms with E-state index < -0.39 is 9.15 Å². The van der Waals surface area contributed by atoms with E-state index in [1.54, 1.807) is 38.1 Å². The van der Waals surface area contributed by atoms with Crippen molar-refractivity contribution >= 4 is 37.5 Å². The Labute approximate surface area is 200 Å². The van der Waals surface area contributed by atoms with Crippen molar-refractivity contribution in [3.63, 3.8) is 0 Å². The Morgan fingerprint density at radius 2 is 1.67 bits per heavy atom. The molecule has 0 radical (unpaired) electrons. The van der Waals surface area contributed by atoms with Crippen molar-refractivity contribution in [2.45, 2.75) is 77.1 Å². The minimum atomic E-state index is -3.26. The molecule has 0 spiro atoms. The zero-order chi connectivity index (χ0) is 24.1. The van der Waals surface area contributed by atoms with Crippen LogP contribution in [0.2, 0.25) is 0 Å². The molecule has 2 unspecified atom stereocenters. The van der Waals surface area contributed by atoms with Crippen molar-refractivity contribution < 1.29 is 31.7 Å². The second-order valence-corrected chi connectivity index (χ2v) is 11.6. The summed E-state index contributed by atoms with van der Waals surface area (Å²) in [5.74, 6) is 0.00587. The number of nitrogens with one attached hydrogen (secondary N) is 1. The summed E-state index contributed by atoms with van der Waals surface area (Å²) in [6, 6.07) is 7.10. The van der Waals surface area contributed by atoms with Crippen molar-refractivity contribution in [2.24, 2.45) is 5.92 Å². The molecule has 0 saturated carbocycles. The Morgan fingerprint density at radius 1 is 1.06 bits per heavy atom. The maximum atomic E-state index is 12.1. The molecule has 2 rings (SSSR count). The van der Waals surface area contributed by atoms with Crippen LogP contribution in [0.4, 0.5) is 5.69 Å². The van der Waals surface area contributed by atoms with E-state index >= 15 is 0 Å². The van der Waals surface area contributed by atoms with Gasteiger partial charge in [0.05, 0.1) is 12.5 Å². The van der Waals surface area contributed by atoms with Crippen molar-refractivity contribution in [3.05, 3.63) is 24.3 Å². The number of hydrogen-bond acceptors (Lipinski definition) is 8. The number of anilines is 1. The summed E-state index contributed by atoms with van der Waals surface area (Å²) in [5, 5.41) is 2.89. The molecule has 10 heteroatoms. The predicted molar refractivity (Wildman–Crippen MR) is 129 cm³/mol. The fourth-order valence-electron chi connectivity index (χ4n) is 3.28. The predicted octanol–water partition coefficient (Wildman–Crippen LogP) is 5.05. The average molecular weight is 502 g/mol. The van der Waals surface area contributed by atoms with Gasteiger partial charge in [0.1, 0.15) is 17.8 Å². The van der Waals surface area contributed by atoms with Gasteiger partial charge < -0.3 is 14.8 Å². The quantitative estimate of drug-likeness (QED) is 0.190. The fraction of sp³-hybridized carbons (Fsp3) is 0.652. The summed E-state index contributed by atoms with van der Waals surface area (Å²) in [6.45, 7) is 4.12. The van der Waals surface area contributed by atoms with Crippen LogP contribution >= 0.6 is 10.8 Å². The van der Waals surface area contributed by atoms with Gasteiger partial charge in [0.2, 0.25) is 5.91 Å². The molecule has 33 heavy (non-hydrogen) atoms. The highest BCUT2D eigenvalue weighted by atomic mass is 33.2. The number of carbonyl (C=O) groups excluding carboxylic acids is 2. The largest absolute Gasteiger partial charge is 0.493 e. The Hall–Kier alpha value is -1.78. The molecule has 186 valence electrons. The van der Waals surface area contributed by atoms with Gasteiger partial charge in [-0.25, -0.2) is 4.18 Å². The molecule has 1 aliphatic rings. The number of ether oxygens (including phenoxy) is 2. The maximum absolute atomic E-state index is 12.1. The zero-order valence-electron chi connectivity index (χ0n) is 19.4. The van der Waals surface area contributed by atoms with Crippen LogP contribution in [0.25, 0.3) is 0 Å². The molecule has 1 aliphatic heterocycles. The summed E-state index contributed by atoms with van der Waals surface area (Å²) >= 11 is 0. The van der Waals surface area contributed by atoms with E-state index in [1.807, 2.05) is 0 Å². The lowest BCUT2D eigenvalue weighted by atomic mass is 10.1. The monoisotopic (exact) mass is 501 g/mol. The van der Waals surface area contributed by atoms with E-state index in [0.29, 0.717) is 24.5 Å². The van der Waals surface area contributed by atoms with Crippen molar-refractivity contribution in [2.75, 3.05) is 18.5 Å². The average Bonchev–Trinajstić information content (AvgIpc) is 2.76. The SMILES string of the molecule is CCOC(=O)C(C)COc1ccc(NC(=O)CCCCCCCCCC2OS(=O)(=O)S2)cc1. The summed E-state index contributed by atoms with van der Waals surface area (Å²) in [7, 11) is -2.36. The molecule has 1 aromatic carbocycles. The lowest BCUT2D eigenvalue weighted by molar-refractivity contribution is -0.148. The molecule has 1 heterocycles. The van der Waals surface area contributed by atoms with Gasteiger partial charge in [0.15, 0.2) is 0 Å². The molecule has 0 bridgehead atoms. The number of unbranched alkanes of at least 4 members (excludes halogenated alkanes) is 6. The number of amides is 1. The third-order valence-corrected chi connectivity index (χ3v) is 8.08. The van der Waals surface area contributed by atoms with E-state index in [2.05, 4.69) is 5.32 Å². The summed E-state index contributed by atoms with van der Waals surface area (Å²) < 4.78 is 37.1. The lowest BCUT2D eigenvalue weighted by Crippen LogP contribution is -2.25. The van der Waals surface area contributed by atoms with E-state index in [0.717, 1.165) is 62.2 Å². The number of esters is 1. The van der Waals surface area contributed by atoms with Gasteiger partial charge in [-0.2, -0.15) is 8.42 Å². The molecule has 1 saturated heterocycles. The van der Waals surface area contributed by atoms with Gasteiger partial charge in [0.25, 0.3) is 0 Å². The van der Waals surface area contributed by atoms with Gasteiger partial charge in [-0.05, 0) is 57.4 Å². The molecule has 1 N–H and O–H groups in total. The first-order valence-electron chi connectivity index (χ1n) is 11.6. The van der Waals surface area contributed by atoms with Crippen LogP contribution in [-0.2, 0) is 27.7 Å². The summed E-state index contributed by atoms with van der Waals surface area (Å²) in [5.41, 5.74) is 0.532. The van der Waals surface area contributed by atoms with E-state index in [1.165, 1.54) is 0 Å². The Bertz CT molecular complexity index is 831.